The average Bonchev–Trinajstić information content (AvgIpc) is 2.82. The minimum atomic E-state index is -4.59. The summed E-state index contributed by atoms with van der Waals surface area (Å²) in [5, 5.41) is 0.986. The molecule has 0 aliphatic heterocycles. The second kappa shape index (κ2) is 10.1. The maximum atomic E-state index is 13.2. The quantitative estimate of drug-likeness (QED) is 0.254. The van der Waals surface area contributed by atoms with Gasteiger partial charge in [0.2, 0.25) is 0 Å². The van der Waals surface area contributed by atoms with Crippen LogP contribution in [0, 0.1) is 0 Å². The molecular formula is C25H17Cl2F3N2O3S. The van der Waals surface area contributed by atoms with Crippen LogP contribution in [-0.4, -0.2) is 24.6 Å². The first-order chi connectivity index (χ1) is 16.9. The molecule has 0 fully saturated rings. The van der Waals surface area contributed by atoms with Crippen LogP contribution >= 0.6 is 23.2 Å². The van der Waals surface area contributed by atoms with Crippen LogP contribution in [0.5, 0.6) is 5.75 Å². The second-order valence-electron chi connectivity index (χ2n) is 7.81. The highest BCUT2D eigenvalue weighted by Gasteiger charge is 2.31. The summed E-state index contributed by atoms with van der Waals surface area (Å²) in [5.41, 5.74) is 0.234. The van der Waals surface area contributed by atoms with Crippen molar-refractivity contribution in [1.29, 1.82) is 0 Å². The largest absolute Gasteiger partial charge is 0.489 e. The van der Waals surface area contributed by atoms with Gasteiger partial charge in [0.1, 0.15) is 17.3 Å². The predicted molar refractivity (Wildman–Crippen MR) is 132 cm³/mol. The van der Waals surface area contributed by atoms with E-state index in [-0.39, 0.29) is 28.6 Å². The van der Waals surface area contributed by atoms with E-state index in [1.165, 1.54) is 12.1 Å². The van der Waals surface area contributed by atoms with E-state index < -0.39 is 21.6 Å². The van der Waals surface area contributed by atoms with Crippen molar-refractivity contribution in [1.82, 2.24) is 9.97 Å². The molecule has 3 aromatic carbocycles. The number of ether oxygens (including phenoxy) is 1. The number of benzene rings is 3. The molecule has 0 bridgehead atoms. The summed E-state index contributed by atoms with van der Waals surface area (Å²) in [4.78, 5) is 8.18. The lowest BCUT2D eigenvalue weighted by Crippen LogP contribution is -2.07. The van der Waals surface area contributed by atoms with Crippen molar-refractivity contribution in [2.45, 2.75) is 17.7 Å². The number of rotatable bonds is 6. The van der Waals surface area contributed by atoms with Gasteiger partial charge in [0.05, 0.1) is 17.5 Å². The Morgan fingerprint density at radius 1 is 0.944 bits per heavy atom. The van der Waals surface area contributed by atoms with Crippen LogP contribution in [0.3, 0.4) is 0 Å². The summed E-state index contributed by atoms with van der Waals surface area (Å²) in [5.74, 6) is 0.665. The molecule has 5 nitrogen and oxygen atoms in total. The fourth-order valence-electron chi connectivity index (χ4n) is 3.33. The van der Waals surface area contributed by atoms with Crippen LogP contribution in [-0.2, 0) is 22.6 Å². The lowest BCUT2D eigenvalue weighted by molar-refractivity contribution is -0.137. The van der Waals surface area contributed by atoms with Crippen LogP contribution in [0.15, 0.2) is 77.8 Å². The van der Waals surface area contributed by atoms with Crippen LogP contribution in [0.1, 0.15) is 11.1 Å². The predicted octanol–water partition coefficient (Wildman–Crippen LogP) is 7.12. The molecule has 0 unspecified atom stereocenters. The minimum Gasteiger partial charge on any atom is -0.489 e. The van der Waals surface area contributed by atoms with E-state index in [0.717, 1.165) is 30.1 Å². The van der Waals surface area contributed by atoms with E-state index in [0.29, 0.717) is 21.4 Å². The summed E-state index contributed by atoms with van der Waals surface area (Å²) < 4.78 is 70.1. The third kappa shape index (κ3) is 5.98. The molecule has 186 valence electrons. The van der Waals surface area contributed by atoms with E-state index in [4.69, 9.17) is 27.9 Å². The molecule has 11 heteroatoms. The van der Waals surface area contributed by atoms with Crippen molar-refractivity contribution in [3.05, 3.63) is 94.1 Å². The highest BCUT2D eigenvalue weighted by atomic mass is 35.5. The summed E-state index contributed by atoms with van der Waals surface area (Å²) in [7, 11) is -3.82. The molecule has 4 aromatic rings. The summed E-state index contributed by atoms with van der Waals surface area (Å²) in [6.45, 7) is 0.203. The number of nitrogens with zero attached hydrogens (tertiary/aromatic N) is 2. The SMILES string of the molecule is CS(=O)(=O)c1cnc(-c2ccc(OCc3ccc(Cl)cc3Cl)cc2)nc1-c1cccc(C(F)(F)F)c1. The maximum Gasteiger partial charge on any atom is 0.416 e. The smallest absolute Gasteiger partial charge is 0.416 e. The van der Waals surface area contributed by atoms with Crippen LogP contribution in [0.4, 0.5) is 13.2 Å². The summed E-state index contributed by atoms with van der Waals surface area (Å²) >= 11 is 12.1. The third-order valence-electron chi connectivity index (χ3n) is 5.14. The van der Waals surface area contributed by atoms with Gasteiger partial charge in [-0.2, -0.15) is 13.2 Å². The fraction of sp³-hybridized carbons (Fsp3) is 0.120. The van der Waals surface area contributed by atoms with Gasteiger partial charge < -0.3 is 4.74 Å². The fourth-order valence-corrected chi connectivity index (χ4v) is 4.55. The summed E-state index contributed by atoms with van der Waals surface area (Å²) in [6.07, 6.45) is -2.55. The molecule has 0 radical (unpaired) electrons. The van der Waals surface area contributed by atoms with Gasteiger partial charge >= 0.3 is 6.18 Å². The molecule has 0 N–H and O–H groups in total. The van der Waals surface area contributed by atoms with E-state index in [1.54, 1.807) is 42.5 Å². The Balaban J connectivity index is 1.65. The van der Waals surface area contributed by atoms with Gasteiger partial charge in [-0.25, -0.2) is 18.4 Å². The molecule has 36 heavy (non-hydrogen) atoms. The molecular weight excluding hydrogens is 536 g/mol. The first kappa shape index (κ1) is 25.9. The first-order valence-corrected chi connectivity index (χ1v) is 13.0. The van der Waals surface area contributed by atoms with E-state index >= 15 is 0 Å². The molecule has 0 atom stereocenters. The lowest BCUT2D eigenvalue weighted by atomic mass is 10.1. The maximum absolute atomic E-state index is 13.2. The Morgan fingerprint density at radius 2 is 1.67 bits per heavy atom. The second-order valence-corrected chi connectivity index (χ2v) is 10.6. The Hall–Kier alpha value is -3.14. The molecule has 4 rings (SSSR count). The zero-order valence-corrected chi connectivity index (χ0v) is 20.9. The Bertz CT molecular complexity index is 1530. The molecule has 0 aliphatic carbocycles. The third-order valence-corrected chi connectivity index (χ3v) is 6.82. The highest BCUT2D eigenvalue weighted by Crippen LogP contribution is 2.34. The van der Waals surface area contributed by atoms with Crippen LogP contribution in [0.2, 0.25) is 10.0 Å². The first-order valence-electron chi connectivity index (χ1n) is 10.3. The van der Waals surface area contributed by atoms with Gasteiger partial charge in [-0.15, -0.1) is 0 Å². The number of sulfone groups is 1. The van der Waals surface area contributed by atoms with Crippen LogP contribution < -0.4 is 4.74 Å². The summed E-state index contributed by atoms with van der Waals surface area (Å²) in [6, 6.07) is 16.0. The molecule has 0 saturated heterocycles. The van der Waals surface area contributed by atoms with Crippen molar-refractivity contribution in [3.63, 3.8) is 0 Å². The van der Waals surface area contributed by atoms with Crippen molar-refractivity contribution in [2.24, 2.45) is 0 Å². The molecule has 1 heterocycles. The standard InChI is InChI=1S/C25H17Cl2F3N2O3S/c1-36(33,34)22-13-31-24(32-23(22)16-3-2-4-18(11-16)25(28,29)30)15-6-9-20(10-7-15)35-14-17-5-8-19(26)12-21(17)27/h2-13H,14H2,1H3. The van der Waals surface area contributed by atoms with Crippen molar-refractivity contribution >= 4 is 33.0 Å². The number of hydrogen-bond donors (Lipinski definition) is 0. The van der Waals surface area contributed by atoms with E-state index in [9.17, 15) is 21.6 Å². The molecule has 0 aliphatic rings. The molecule has 0 spiro atoms. The van der Waals surface area contributed by atoms with Gasteiger partial charge in [0.15, 0.2) is 15.7 Å². The monoisotopic (exact) mass is 552 g/mol. The number of hydrogen-bond acceptors (Lipinski definition) is 5. The molecule has 0 saturated carbocycles. The topological polar surface area (TPSA) is 69.2 Å². The molecule has 0 amide bonds. The molecule has 1 aromatic heterocycles. The Morgan fingerprint density at radius 3 is 2.31 bits per heavy atom. The number of halogens is 5. The zero-order chi connectivity index (χ0) is 26.1. The van der Waals surface area contributed by atoms with Gasteiger partial charge in [-0.1, -0.05) is 41.4 Å². The van der Waals surface area contributed by atoms with Gasteiger partial charge in [0.25, 0.3) is 0 Å². The highest BCUT2D eigenvalue weighted by molar-refractivity contribution is 7.90. The lowest BCUT2D eigenvalue weighted by Gasteiger charge is -2.12. The van der Waals surface area contributed by atoms with E-state index in [1.807, 2.05) is 0 Å². The number of aromatic nitrogens is 2. The van der Waals surface area contributed by atoms with Gasteiger partial charge in [-0.05, 0) is 48.5 Å². The zero-order valence-electron chi connectivity index (χ0n) is 18.6. The van der Waals surface area contributed by atoms with E-state index in [2.05, 4.69) is 9.97 Å². The van der Waals surface area contributed by atoms with Gasteiger partial charge in [-0.3, -0.25) is 0 Å². The van der Waals surface area contributed by atoms with Crippen molar-refractivity contribution in [3.8, 4) is 28.4 Å². The number of alkyl halides is 3. The minimum absolute atomic E-state index is 0.00805. The van der Waals surface area contributed by atoms with Crippen LogP contribution in [0.25, 0.3) is 22.6 Å². The Kier molecular flexibility index (Phi) is 7.26. The Labute approximate surface area is 215 Å². The van der Waals surface area contributed by atoms with Crippen molar-refractivity contribution < 1.29 is 26.3 Å². The normalized spacial score (nSPS) is 11.9. The average molecular weight is 553 g/mol. The van der Waals surface area contributed by atoms with Gasteiger partial charge in [0, 0.05) is 33.0 Å². The van der Waals surface area contributed by atoms with Crippen molar-refractivity contribution in [2.75, 3.05) is 6.26 Å².